The Morgan fingerprint density at radius 3 is 2.74 bits per heavy atom. The van der Waals surface area contributed by atoms with E-state index in [1.165, 1.54) is 12.3 Å². The van der Waals surface area contributed by atoms with Crippen LogP contribution in [0.1, 0.15) is 25.7 Å². The Morgan fingerprint density at radius 1 is 1.37 bits per heavy atom. The van der Waals surface area contributed by atoms with Crippen LogP contribution in [0, 0.1) is 5.82 Å². The van der Waals surface area contributed by atoms with Crippen molar-refractivity contribution in [3.63, 3.8) is 0 Å². The van der Waals surface area contributed by atoms with Crippen molar-refractivity contribution in [3.8, 4) is 0 Å². The van der Waals surface area contributed by atoms with Crippen LogP contribution in [0.3, 0.4) is 0 Å². The molecule has 0 aromatic heterocycles. The van der Waals surface area contributed by atoms with E-state index < -0.39 is 15.7 Å². The first-order valence-electron chi connectivity index (χ1n) is 6.27. The number of sulfone groups is 1. The van der Waals surface area contributed by atoms with Gasteiger partial charge in [-0.25, -0.2) is 12.8 Å². The zero-order valence-electron chi connectivity index (χ0n) is 10.8. The van der Waals surface area contributed by atoms with Crippen LogP contribution in [-0.4, -0.2) is 25.2 Å². The summed E-state index contributed by atoms with van der Waals surface area (Å²) in [6, 6.07) is 4.76. The average molecular weight is 303 g/mol. The summed E-state index contributed by atoms with van der Waals surface area (Å²) in [5, 5.41) is -0.0196. The second-order valence-electron chi connectivity index (χ2n) is 5.04. The SMILES string of the molecule is CS(=O)(=O)C1CCCC(Sc2ccc(N)c(F)c2)C1. The van der Waals surface area contributed by atoms with E-state index in [2.05, 4.69) is 0 Å². The maximum absolute atomic E-state index is 13.4. The maximum atomic E-state index is 13.4. The normalized spacial score (nSPS) is 24.3. The zero-order chi connectivity index (χ0) is 14.0. The van der Waals surface area contributed by atoms with Gasteiger partial charge in [0.15, 0.2) is 0 Å². The van der Waals surface area contributed by atoms with Gasteiger partial charge in [-0.1, -0.05) is 6.42 Å². The van der Waals surface area contributed by atoms with Crippen molar-refractivity contribution in [2.75, 3.05) is 12.0 Å². The highest BCUT2D eigenvalue weighted by Gasteiger charge is 2.29. The molecule has 0 radical (unpaired) electrons. The van der Waals surface area contributed by atoms with E-state index in [9.17, 15) is 12.8 Å². The molecule has 3 nitrogen and oxygen atoms in total. The summed E-state index contributed by atoms with van der Waals surface area (Å²) in [6.07, 6.45) is 4.57. The molecule has 6 heteroatoms. The number of anilines is 1. The highest BCUT2D eigenvalue weighted by atomic mass is 32.2. The lowest BCUT2D eigenvalue weighted by Crippen LogP contribution is -2.28. The van der Waals surface area contributed by atoms with Crippen LogP contribution in [-0.2, 0) is 9.84 Å². The molecule has 0 aliphatic heterocycles. The topological polar surface area (TPSA) is 60.2 Å². The molecule has 0 saturated heterocycles. The molecular weight excluding hydrogens is 285 g/mol. The van der Waals surface area contributed by atoms with Crippen LogP contribution < -0.4 is 5.73 Å². The quantitative estimate of drug-likeness (QED) is 0.872. The van der Waals surface area contributed by atoms with Gasteiger partial charge in [-0.05, 0) is 37.5 Å². The molecule has 106 valence electrons. The van der Waals surface area contributed by atoms with Gasteiger partial charge in [0.25, 0.3) is 0 Å². The number of hydrogen-bond donors (Lipinski definition) is 1. The highest BCUT2D eigenvalue weighted by molar-refractivity contribution is 8.00. The Labute approximate surface area is 117 Å². The van der Waals surface area contributed by atoms with Gasteiger partial charge in [-0.2, -0.15) is 0 Å². The predicted octanol–water partition coefficient (Wildman–Crippen LogP) is 2.86. The molecule has 1 aliphatic carbocycles. The average Bonchev–Trinajstić information content (AvgIpc) is 2.33. The zero-order valence-corrected chi connectivity index (χ0v) is 12.4. The molecule has 2 atom stereocenters. The Kier molecular flexibility index (Phi) is 4.40. The Morgan fingerprint density at radius 2 is 2.11 bits per heavy atom. The number of benzene rings is 1. The van der Waals surface area contributed by atoms with E-state index >= 15 is 0 Å². The van der Waals surface area contributed by atoms with Crippen LogP contribution in [0.2, 0.25) is 0 Å². The summed E-state index contributed by atoms with van der Waals surface area (Å²) < 4.78 is 36.6. The lowest BCUT2D eigenvalue weighted by atomic mass is 10.00. The summed E-state index contributed by atoms with van der Waals surface area (Å²) in [4.78, 5) is 0.811. The predicted molar refractivity (Wildman–Crippen MR) is 77.6 cm³/mol. The van der Waals surface area contributed by atoms with Crippen LogP contribution in [0.25, 0.3) is 0 Å². The Hall–Kier alpha value is -0.750. The third-order valence-corrected chi connectivity index (χ3v) is 6.38. The van der Waals surface area contributed by atoms with Crippen molar-refractivity contribution in [1.29, 1.82) is 0 Å². The fourth-order valence-corrected chi connectivity index (χ4v) is 4.99. The van der Waals surface area contributed by atoms with E-state index in [0.29, 0.717) is 6.42 Å². The van der Waals surface area contributed by atoms with Gasteiger partial charge < -0.3 is 5.73 Å². The van der Waals surface area contributed by atoms with Gasteiger partial charge in [0.2, 0.25) is 0 Å². The van der Waals surface area contributed by atoms with Gasteiger partial charge in [0.05, 0.1) is 10.9 Å². The fourth-order valence-electron chi connectivity index (χ4n) is 2.37. The van der Waals surface area contributed by atoms with Crippen molar-refractivity contribution in [1.82, 2.24) is 0 Å². The van der Waals surface area contributed by atoms with Crippen molar-refractivity contribution in [2.45, 2.75) is 41.1 Å². The van der Waals surface area contributed by atoms with Gasteiger partial charge in [-0.15, -0.1) is 11.8 Å². The smallest absolute Gasteiger partial charge is 0.150 e. The van der Waals surface area contributed by atoms with Gasteiger partial charge in [0, 0.05) is 16.4 Å². The summed E-state index contributed by atoms with van der Waals surface area (Å²) >= 11 is 1.55. The number of nitrogen functional groups attached to an aromatic ring is 1. The van der Waals surface area contributed by atoms with E-state index in [1.807, 2.05) is 0 Å². The first-order chi connectivity index (χ1) is 8.86. The van der Waals surface area contributed by atoms with Crippen LogP contribution >= 0.6 is 11.8 Å². The molecular formula is C13H18FNO2S2. The highest BCUT2D eigenvalue weighted by Crippen LogP contribution is 2.36. The second kappa shape index (κ2) is 5.71. The summed E-state index contributed by atoms with van der Waals surface area (Å²) in [7, 11) is -2.97. The molecule has 2 unspecified atom stereocenters. The Bertz CT molecular complexity index is 560. The first-order valence-corrected chi connectivity index (χ1v) is 9.10. The van der Waals surface area contributed by atoms with E-state index in [-0.39, 0.29) is 16.2 Å². The minimum absolute atomic E-state index is 0.141. The standard InChI is InChI=1S/C13H18FNO2S2/c1-19(16,17)11-4-2-3-9(7-11)18-10-5-6-13(15)12(14)8-10/h5-6,8-9,11H,2-4,7,15H2,1H3. The largest absolute Gasteiger partial charge is 0.396 e. The molecule has 2 N–H and O–H groups in total. The molecule has 0 spiro atoms. The lowest BCUT2D eigenvalue weighted by molar-refractivity contribution is 0.495. The molecule has 1 saturated carbocycles. The number of nitrogens with two attached hydrogens (primary N) is 1. The van der Waals surface area contributed by atoms with Gasteiger partial charge >= 0.3 is 0 Å². The summed E-state index contributed by atoms with van der Waals surface area (Å²) in [6.45, 7) is 0. The monoisotopic (exact) mass is 303 g/mol. The summed E-state index contributed by atoms with van der Waals surface area (Å²) in [5.41, 5.74) is 5.58. The van der Waals surface area contributed by atoms with Crippen LogP contribution in [0.15, 0.2) is 23.1 Å². The maximum Gasteiger partial charge on any atom is 0.150 e. The molecule has 1 aliphatic rings. The fraction of sp³-hybridized carbons (Fsp3) is 0.538. The third-order valence-electron chi connectivity index (χ3n) is 3.46. The van der Waals surface area contributed by atoms with Crippen molar-refractivity contribution in [2.24, 2.45) is 0 Å². The molecule has 1 fully saturated rings. The van der Waals surface area contributed by atoms with Crippen molar-refractivity contribution < 1.29 is 12.8 Å². The van der Waals surface area contributed by atoms with Crippen LogP contribution in [0.4, 0.5) is 10.1 Å². The number of rotatable bonds is 3. The number of halogens is 1. The molecule has 0 amide bonds. The Balaban J connectivity index is 2.04. The molecule has 2 rings (SSSR count). The number of thioether (sulfide) groups is 1. The molecule has 1 aromatic rings. The minimum Gasteiger partial charge on any atom is -0.396 e. The van der Waals surface area contributed by atoms with Crippen LogP contribution in [0.5, 0.6) is 0 Å². The molecule has 19 heavy (non-hydrogen) atoms. The van der Waals surface area contributed by atoms with Crippen molar-refractivity contribution >= 4 is 27.3 Å². The van der Waals surface area contributed by atoms with Gasteiger partial charge in [-0.3, -0.25) is 0 Å². The molecule has 0 heterocycles. The van der Waals surface area contributed by atoms with E-state index in [1.54, 1.807) is 23.9 Å². The van der Waals surface area contributed by atoms with E-state index in [0.717, 1.165) is 24.2 Å². The molecule has 0 bridgehead atoms. The first kappa shape index (κ1) is 14.7. The molecule has 1 aromatic carbocycles. The minimum atomic E-state index is -2.97. The second-order valence-corrected chi connectivity index (χ2v) is 8.74. The lowest BCUT2D eigenvalue weighted by Gasteiger charge is -2.27. The van der Waals surface area contributed by atoms with Crippen molar-refractivity contribution in [3.05, 3.63) is 24.0 Å². The van der Waals surface area contributed by atoms with Gasteiger partial charge in [0.1, 0.15) is 15.7 Å². The summed E-state index contributed by atoms with van der Waals surface area (Å²) in [5.74, 6) is -0.416. The van der Waals surface area contributed by atoms with E-state index in [4.69, 9.17) is 5.73 Å². The third kappa shape index (κ3) is 3.86. The number of hydrogen-bond acceptors (Lipinski definition) is 4.